The first kappa shape index (κ1) is 12.7. The van der Waals surface area contributed by atoms with E-state index in [9.17, 15) is 4.79 Å². The monoisotopic (exact) mass is 238 g/mol. The SMILES string of the molecule is NC/C=C/CNC(=O)Cc1ccccc1Cl. The fourth-order valence-electron chi connectivity index (χ4n) is 1.23. The van der Waals surface area contributed by atoms with Crippen molar-refractivity contribution >= 4 is 17.5 Å². The molecule has 0 saturated carbocycles. The normalized spacial score (nSPS) is 10.6. The summed E-state index contributed by atoms with van der Waals surface area (Å²) in [6.45, 7) is 0.987. The highest BCUT2D eigenvalue weighted by atomic mass is 35.5. The summed E-state index contributed by atoms with van der Waals surface area (Å²) >= 11 is 5.94. The molecule has 0 aliphatic carbocycles. The summed E-state index contributed by atoms with van der Waals surface area (Å²) in [5.41, 5.74) is 6.11. The van der Waals surface area contributed by atoms with Crippen molar-refractivity contribution in [1.82, 2.24) is 5.32 Å². The van der Waals surface area contributed by atoms with Crippen LogP contribution in [0, 0.1) is 0 Å². The Labute approximate surface area is 100 Å². The van der Waals surface area contributed by atoms with E-state index in [4.69, 9.17) is 17.3 Å². The van der Waals surface area contributed by atoms with Gasteiger partial charge in [0.25, 0.3) is 0 Å². The first-order chi connectivity index (χ1) is 7.74. The Kier molecular flexibility index (Phi) is 5.61. The maximum atomic E-state index is 11.5. The van der Waals surface area contributed by atoms with Gasteiger partial charge in [-0.2, -0.15) is 0 Å². The van der Waals surface area contributed by atoms with E-state index in [0.717, 1.165) is 5.56 Å². The van der Waals surface area contributed by atoms with Crippen molar-refractivity contribution in [3.63, 3.8) is 0 Å². The van der Waals surface area contributed by atoms with Crippen LogP contribution in [-0.2, 0) is 11.2 Å². The molecule has 1 aromatic rings. The molecule has 0 bridgehead atoms. The van der Waals surface area contributed by atoms with E-state index in [1.807, 2.05) is 24.3 Å². The molecule has 0 aliphatic heterocycles. The molecule has 4 heteroatoms. The number of nitrogens with one attached hydrogen (secondary N) is 1. The lowest BCUT2D eigenvalue weighted by Crippen LogP contribution is -2.25. The molecule has 0 radical (unpaired) electrons. The smallest absolute Gasteiger partial charge is 0.224 e. The first-order valence-electron chi connectivity index (χ1n) is 5.09. The molecule has 1 aromatic carbocycles. The summed E-state index contributed by atoms with van der Waals surface area (Å²) in [6, 6.07) is 7.33. The van der Waals surface area contributed by atoms with Gasteiger partial charge < -0.3 is 11.1 Å². The van der Waals surface area contributed by atoms with Gasteiger partial charge in [0.1, 0.15) is 0 Å². The van der Waals surface area contributed by atoms with Crippen LogP contribution in [0.5, 0.6) is 0 Å². The maximum Gasteiger partial charge on any atom is 0.224 e. The number of benzene rings is 1. The molecule has 1 rings (SSSR count). The molecular formula is C12H15ClN2O. The van der Waals surface area contributed by atoms with Gasteiger partial charge in [-0.3, -0.25) is 4.79 Å². The van der Waals surface area contributed by atoms with Crippen LogP contribution in [0.2, 0.25) is 5.02 Å². The Bertz CT molecular complexity index is 377. The zero-order valence-corrected chi connectivity index (χ0v) is 9.70. The van der Waals surface area contributed by atoms with Gasteiger partial charge in [-0.25, -0.2) is 0 Å². The van der Waals surface area contributed by atoms with E-state index < -0.39 is 0 Å². The third-order valence-corrected chi connectivity index (χ3v) is 2.40. The van der Waals surface area contributed by atoms with Crippen molar-refractivity contribution in [1.29, 1.82) is 0 Å². The quantitative estimate of drug-likeness (QED) is 0.765. The van der Waals surface area contributed by atoms with Crippen LogP contribution in [0.3, 0.4) is 0 Å². The van der Waals surface area contributed by atoms with Crippen molar-refractivity contribution in [3.05, 3.63) is 47.0 Å². The second-order valence-corrected chi connectivity index (χ2v) is 3.69. The summed E-state index contributed by atoms with van der Waals surface area (Å²) in [4.78, 5) is 11.5. The lowest BCUT2D eigenvalue weighted by Gasteiger charge is -2.04. The summed E-state index contributed by atoms with van der Waals surface area (Å²) in [5.74, 6) is -0.0465. The minimum Gasteiger partial charge on any atom is -0.352 e. The van der Waals surface area contributed by atoms with E-state index in [1.54, 1.807) is 12.1 Å². The number of hydrogen-bond acceptors (Lipinski definition) is 2. The van der Waals surface area contributed by atoms with Crippen molar-refractivity contribution in [2.45, 2.75) is 6.42 Å². The van der Waals surface area contributed by atoms with Gasteiger partial charge in [-0.1, -0.05) is 42.0 Å². The predicted molar refractivity (Wildman–Crippen MR) is 66.4 cm³/mol. The Morgan fingerprint density at radius 3 is 2.81 bits per heavy atom. The number of rotatable bonds is 5. The Morgan fingerprint density at radius 1 is 1.38 bits per heavy atom. The number of carbonyl (C=O) groups is 1. The molecule has 3 nitrogen and oxygen atoms in total. The summed E-state index contributed by atoms with van der Waals surface area (Å²) in [5, 5.41) is 3.37. The minimum atomic E-state index is -0.0465. The molecule has 0 unspecified atom stereocenters. The molecule has 16 heavy (non-hydrogen) atoms. The Hall–Kier alpha value is -1.32. The second-order valence-electron chi connectivity index (χ2n) is 3.28. The van der Waals surface area contributed by atoms with Gasteiger partial charge in [0, 0.05) is 18.1 Å². The van der Waals surface area contributed by atoms with Gasteiger partial charge in [0.2, 0.25) is 5.91 Å². The number of carbonyl (C=O) groups excluding carboxylic acids is 1. The summed E-state index contributed by atoms with van der Waals surface area (Å²) in [7, 11) is 0. The molecule has 3 N–H and O–H groups in total. The first-order valence-corrected chi connectivity index (χ1v) is 5.47. The lowest BCUT2D eigenvalue weighted by atomic mass is 10.1. The highest BCUT2D eigenvalue weighted by molar-refractivity contribution is 6.31. The van der Waals surface area contributed by atoms with Gasteiger partial charge in [0.15, 0.2) is 0 Å². The van der Waals surface area contributed by atoms with Crippen molar-refractivity contribution in [3.8, 4) is 0 Å². The number of halogens is 1. The molecule has 0 aliphatic rings. The number of nitrogens with two attached hydrogens (primary N) is 1. The lowest BCUT2D eigenvalue weighted by molar-refractivity contribution is -0.120. The third kappa shape index (κ3) is 4.47. The summed E-state index contributed by atoms with van der Waals surface area (Å²) in [6.07, 6.45) is 3.93. The van der Waals surface area contributed by atoms with Gasteiger partial charge in [0.05, 0.1) is 6.42 Å². The van der Waals surface area contributed by atoms with Gasteiger partial charge in [-0.05, 0) is 11.6 Å². The predicted octanol–water partition coefficient (Wildman–Crippen LogP) is 1.51. The van der Waals surface area contributed by atoms with Crippen molar-refractivity contribution in [2.75, 3.05) is 13.1 Å². The van der Waals surface area contributed by atoms with E-state index in [2.05, 4.69) is 5.32 Å². The molecule has 0 atom stereocenters. The van der Waals surface area contributed by atoms with Gasteiger partial charge in [-0.15, -0.1) is 0 Å². The average Bonchev–Trinajstić information content (AvgIpc) is 2.28. The second kappa shape index (κ2) is 7.04. The van der Waals surface area contributed by atoms with Crippen LogP contribution in [-0.4, -0.2) is 19.0 Å². The van der Waals surface area contributed by atoms with E-state index in [1.165, 1.54) is 0 Å². The van der Waals surface area contributed by atoms with E-state index in [-0.39, 0.29) is 5.91 Å². The van der Waals surface area contributed by atoms with Crippen LogP contribution < -0.4 is 11.1 Å². The maximum absolute atomic E-state index is 11.5. The van der Waals surface area contributed by atoms with E-state index in [0.29, 0.717) is 24.5 Å². The molecule has 0 saturated heterocycles. The number of amides is 1. The molecule has 0 fully saturated rings. The molecule has 0 aromatic heterocycles. The van der Waals surface area contributed by atoms with Gasteiger partial charge >= 0.3 is 0 Å². The fraction of sp³-hybridized carbons (Fsp3) is 0.250. The van der Waals surface area contributed by atoms with Crippen LogP contribution in [0.4, 0.5) is 0 Å². The largest absolute Gasteiger partial charge is 0.352 e. The Morgan fingerprint density at radius 2 is 2.12 bits per heavy atom. The highest BCUT2D eigenvalue weighted by Crippen LogP contribution is 2.14. The molecular weight excluding hydrogens is 224 g/mol. The zero-order valence-electron chi connectivity index (χ0n) is 8.95. The van der Waals surface area contributed by atoms with Crippen LogP contribution in [0.15, 0.2) is 36.4 Å². The van der Waals surface area contributed by atoms with Crippen LogP contribution in [0.25, 0.3) is 0 Å². The topological polar surface area (TPSA) is 55.1 Å². The van der Waals surface area contributed by atoms with Crippen LogP contribution in [0.1, 0.15) is 5.56 Å². The zero-order chi connectivity index (χ0) is 11.8. The number of hydrogen-bond donors (Lipinski definition) is 2. The van der Waals surface area contributed by atoms with E-state index >= 15 is 0 Å². The Balaban J connectivity index is 2.40. The summed E-state index contributed by atoms with van der Waals surface area (Å²) < 4.78 is 0. The molecule has 0 spiro atoms. The van der Waals surface area contributed by atoms with Crippen molar-refractivity contribution < 1.29 is 4.79 Å². The minimum absolute atomic E-state index is 0.0465. The van der Waals surface area contributed by atoms with Crippen LogP contribution >= 0.6 is 11.6 Å². The molecule has 86 valence electrons. The highest BCUT2D eigenvalue weighted by Gasteiger charge is 2.04. The average molecular weight is 239 g/mol. The fourth-order valence-corrected chi connectivity index (χ4v) is 1.43. The molecule has 0 heterocycles. The standard InChI is InChI=1S/C12H15ClN2O/c13-11-6-2-1-5-10(11)9-12(16)15-8-4-3-7-14/h1-6H,7-9,14H2,(H,15,16)/b4-3+. The third-order valence-electron chi connectivity index (χ3n) is 2.03. The van der Waals surface area contributed by atoms with Crippen molar-refractivity contribution in [2.24, 2.45) is 5.73 Å². The molecule has 1 amide bonds.